The highest BCUT2D eigenvalue weighted by Gasteiger charge is 2.02. The molecule has 0 unspecified atom stereocenters. The zero-order chi connectivity index (χ0) is 50.6. The van der Waals surface area contributed by atoms with Gasteiger partial charge in [-0.2, -0.15) is 30.0 Å². The fourth-order valence-electron chi connectivity index (χ4n) is 5.13. The van der Waals surface area contributed by atoms with Crippen LogP contribution in [0, 0.1) is 6.92 Å². The third-order valence-electron chi connectivity index (χ3n) is 8.10. The molecule has 0 saturated carbocycles. The van der Waals surface area contributed by atoms with Crippen LogP contribution in [-0.4, -0.2) is 36.5 Å². The van der Waals surface area contributed by atoms with Gasteiger partial charge in [-0.25, -0.2) is 28.8 Å². The number of isocyanates is 6. The Bertz CT molecular complexity index is 2640. The number of aryl methyl sites for hydroxylation is 1. The summed E-state index contributed by atoms with van der Waals surface area (Å²) in [5, 5.41) is 0. The first-order valence-electron chi connectivity index (χ1n) is 21.7. The molecule has 0 N–H and O–H groups in total. The van der Waals surface area contributed by atoms with Crippen LogP contribution in [0.3, 0.4) is 0 Å². The summed E-state index contributed by atoms with van der Waals surface area (Å²) < 4.78 is 0. The van der Waals surface area contributed by atoms with E-state index in [1.165, 1.54) is 59.9 Å². The molecule has 0 aliphatic rings. The van der Waals surface area contributed by atoms with Gasteiger partial charge in [-0.05, 0) is 109 Å². The SMILES string of the molecule is C.CCC.CCC.Cc1ccc(Cc2ccc(N=C=O)cc2)cc1.O=C=Nc1ccc(Cc2ccccc2N=C=O)cc1.O=C=Nc1ccccc1.O=C=Nc1ccccc1.O=C=Nc1ccccc1. The maximum atomic E-state index is 10.4. The molecule has 7 rings (SSSR count). The lowest BCUT2D eigenvalue weighted by molar-refractivity contribution is 0.564. The van der Waals surface area contributed by atoms with Crippen LogP contribution in [0.2, 0.25) is 0 Å². The first-order valence-corrected chi connectivity index (χ1v) is 21.7. The van der Waals surface area contributed by atoms with Crippen molar-refractivity contribution in [3.05, 3.63) is 216 Å². The molecule has 7 aromatic carbocycles. The van der Waals surface area contributed by atoms with E-state index in [-0.39, 0.29) is 7.43 Å². The summed E-state index contributed by atoms with van der Waals surface area (Å²) in [6.45, 7) is 10.6. The predicted octanol–water partition coefficient (Wildman–Crippen LogP) is 15.2. The molecule has 12 heteroatoms. The Morgan fingerprint density at radius 2 is 0.571 bits per heavy atom. The molecule has 0 fully saturated rings. The van der Waals surface area contributed by atoms with Crippen molar-refractivity contribution in [1.82, 2.24) is 0 Å². The van der Waals surface area contributed by atoms with Crippen molar-refractivity contribution in [2.24, 2.45) is 30.0 Å². The van der Waals surface area contributed by atoms with E-state index in [4.69, 9.17) is 0 Å². The van der Waals surface area contributed by atoms with E-state index < -0.39 is 0 Å². The maximum absolute atomic E-state index is 10.4. The van der Waals surface area contributed by atoms with Gasteiger partial charge in [0.25, 0.3) is 0 Å². The largest absolute Gasteiger partial charge is 0.240 e. The highest BCUT2D eigenvalue weighted by molar-refractivity contribution is 5.56. The molecule has 0 spiro atoms. The van der Waals surface area contributed by atoms with Gasteiger partial charge in [-0.3, -0.25) is 0 Å². The number of rotatable bonds is 10. The molecule has 0 saturated heterocycles. The first kappa shape index (κ1) is 60.8. The van der Waals surface area contributed by atoms with Gasteiger partial charge < -0.3 is 0 Å². The first-order chi connectivity index (χ1) is 33.7. The Labute approximate surface area is 411 Å². The summed E-state index contributed by atoms with van der Waals surface area (Å²) in [5.41, 5.74) is 9.51. The molecule has 0 radical (unpaired) electrons. The van der Waals surface area contributed by atoms with Crippen LogP contribution in [0.25, 0.3) is 0 Å². The molecule has 0 aromatic heterocycles. The molecule has 12 nitrogen and oxygen atoms in total. The third kappa shape index (κ3) is 29.4. The molecule has 0 aliphatic heterocycles. The number of para-hydroxylation sites is 4. The van der Waals surface area contributed by atoms with E-state index in [1.807, 2.05) is 109 Å². The summed E-state index contributed by atoms with van der Waals surface area (Å²) in [5.74, 6) is 0. The minimum absolute atomic E-state index is 0. The second-order valence-electron chi connectivity index (χ2n) is 13.9. The lowest BCUT2D eigenvalue weighted by Crippen LogP contribution is -1.88. The van der Waals surface area contributed by atoms with Gasteiger partial charge in [0.1, 0.15) is 0 Å². The van der Waals surface area contributed by atoms with Crippen molar-refractivity contribution in [2.45, 2.75) is 67.7 Å². The third-order valence-corrected chi connectivity index (χ3v) is 8.10. The van der Waals surface area contributed by atoms with Crippen molar-refractivity contribution < 1.29 is 28.8 Å². The van der Waals surface area contributed by atoms with Gasteiger partial charge >= 0.3 is 0 Å². The average molecular weight is 935 g/mol. The molecular weight excluding hydrogens is 877 g/mol. The fourth-order valence-corrected chi connectivity index (χ4v) is 5.13. The molecule has 0 aliphatic carbocycles. The number of hydrogen-bond donors (Lipinski definition) is 0. The van der Waals surface area contributed by atoms with Gasteiger partial charge in [0.2, 0.25) is 36.5 Å². The molecule has 0 amide bonds. The number of aliphatic imine (C=N–C) groups is 6. The summed E-state index contributed by atoms with van der Waals surface area (Å²) in [4.78, 5) is 80.6. The lowest BCUT2D eigenvalue weighted by Gasteiger charge is -2.04. The standard InChI is InChI=1S/C15H10N2O2.C15H13NO.3C7H5NO.2C3H8.CH4/c18-10-16-14-7-5-12(6-8-14)9-13-3-1-2-4-15(13)17-11-19;1-12-2-4-13(5-3-12)10-14-6-8-15(9-7-14)16-11-17;3*9-6-8-7-4-2-1-3-5-7;2*1-3-2;/h1-8H,9H2;2-9H,10H2,1H3;3*1-5H;2*3H2,1-2H3;1H4. The molecule has 7 aromatic rings. The minimum Gasteiger partial charge on any atom is -0.211 e. The molecule has 0 bridgehead atoms. The minimum atomic E-state index is 0. The van der Waals surface area contributed by atoms with Crippen LogP contribution in [0.5, 0.6) is 0 Å². The van der Waals surface area contributed by atoms with Gasteiger partial charge in [-0.1, -0.05) is 175 Å². The number of hydrogen-bond acceptors (Lipinski definition) is 12. The van der Waals surface area contributed by atoms with E-state index in [0.717, 1.165) is 17.5 Å². The lowest BCUT2D eigenvalue weighted by atomic mass is 10.0. The Morgan fingerprint density at radius 1 is 0.314 bits per heavy atom. The van der Waals surface area contributed by atoms with Gasteiger partial charge in [0.05, 0.1) is 34.1 Å². The molecule has 70 heavy (non-hydrogen) atoms. The smallest absolute Gasteiger partial charge is 0.211 e. The van der Waals surface area contributed by atoms with Crippen LogP contribution in [0.15, 0.2) is 218 Å². The molecule has 356 valence electrons. The van der Waals surface area contributed by atoms with Crippen molar-refractivity contribution in [3.8, 4) is 0 Å². The van der Waals surface area contributed by atoms with Crippen LogP contribution in [-0.2, 0) is 41.6 Å². The average Bonchev–Trinajstić information content (AvgIpc) is 3.37. The van der Waals surface area contributed by atoms with E-state index >= 15 is 0 Å². The monoisotopic (exact) mass is 934 g/mol. The van der Waals surface area contributed by atoms with E-state index in [0.29, 0.717) is 40.5 Å². The molecule has 0 atom stereocenters. The second kappa shape index (κ2) is 41.3. The van der Waals surface area contributed by atoms with Crippen LogP contribution < -0.4 is 0 Å². The summed E-state index contributed by atoms with van der Waals surface area (Å²) >= 11 is 0. The number of carbonyl (C=O) groups excluding carboxylic acids is 6. The Kier molecular flexibility index (Phi) is 35.9. The quantitative estimate of drug-likeness (QED) is 0.0973. The summed E-state index contributed by atoms with van der Waals surface area (Å²) in [6, 6.07) is 57.7. The van der Waals surface area contributed by atoms with Crippen LogP contribution in [0.4, 0.5) is 34.1 Å². The van der Waals surface area contributed by atoms with Gasteiger partial charge in [0, 0.05) is 0 Å². The van der Waals surface area contributed by atoms with Crippen LogP contribution in [0.1, 0.15) is 75.8 Å². The van der Waals surface area contributed by atoms with Gasteiger partial charge in [-0.15, -0.1) is 0 Å². The summed E-state index contributed by atoms with van der Waals surface area (Å²) in [7, 11) is 0. The van der Waals surface area contributed by atoms with E-state index in [1.54, 1.807) is 60.7 Å². The highest BCUT2D eigenvalue weighted by atomic mass is 16.1. The fraction of sp³-hybridized carbons (Fsp3) is 0.172. The summed E-state index contributed by atoms with van der Waals surface area (Å²) in [6.07, 6.45) is 13.0. The normalized spacial score (nSPS) is 8.47. The number of benzene rings is 7. The van der Waals surface area contributed by atoms with E-state index in [2.05, 4.69) is 88.8 Å². The zero-order valence-electron chi connectivity index (χ0n) is 39.4. The van der Waals surface area contributed by atoms with Gasteiger partial charge in [0.15, 0.2) is 0 Å². The zero-order valence-corrected chi connectivity index (χ0v) is 39.4. The maximum Gasteiger partial charge on any atom is 0.240 e. The van der Waals surface area contributed by atoms with Crippen LogP contribution >= 0.6 is 0 Å². The van der Waals surface area contributed by atoms with Crippen molar-refractivity contribution in [1.29, 1.82) is 0 Å². The Balaban J connectivity index is 0.000000852. The van der Waals surface area contributed by atoms with E-state index in [9.17, 15) is 28.8 Å². The Morgan fingerprint density at radius 3 is 0.886 bits per heavy atom. The second-order valence-corrected chi connectivity index (χ2v) is 13.9. The Hall–Kier alpha value is -9.18. The van der Waals surface area contributed by atoms with Crippen molar-refractivity contribution in [3.63, 3.8) is 0 Å². The molecule has 0 heterocycles. The highest BCUT2D eigenvalue weighted by Crippen LogP contribution is 2.23. The van der Waals surface area contributed by atoms with Crippen molar-refractivity contribution >= 4 is 70.6 Å². The topological polar surface area (TPSA) is 177 Å². The molecular formula is C58H58N6O6. The predicted molar refractivity (Wildman–Crippen MR) is 281 cm³/mol. The number of nitrogens with zero attached hydrogens (tertiary/aromatic N) is 6. The van der Waals surface area contributed by atoms with Crippen molar-refractivity contribution in [2.75, 3.05) is 0 Å².